The van der Waals surface area contributed by atoms with Crippen molar-refractivity contribution < 1.29 is 9.90 Å². The normalized spacial score (nSPS) is 10.2. The average molecular weight is 166 g/mol. The minimum absolute atomic E-state index is 0.0144. The van der Waals surface area contributed by atoms with E-state index in [0.717, 1.165) is 5.69 Å². The first-order valence-electron chi connectivity index (χ1n) is 3.68. The number of rotatable bonds is 2. The van der Waals surface area contributed by atoms with Crippen LogP contribution in [0.5, 0.6) is 0 Å². The Bertz CT molecular complexity index is 280. The number of aromatic carboxylic acids is 1. The maximum absolute atomic E-state index is 10.4. The second-order valence-electron chi connectivity index (χ2n) is 2.80. The summed E-state index contributed by atoms with van der Waals surface area (Å²) in [7, 11) is 0. The summed E-state index contributed by atoms with van der Waals surface area (Å²) in [6, 6.07) is 3.14. The highest BCUT2D eigenvalue weighted by Gasteiger charge is 2.06. The molecule has 1 aromatic heterocycles. The molecule has 0 aliphatic rings. The van der Waals surface area contributed by atoms with Crippen LogP contribution in [0, 0.1) is 0 Å². The zero-order valence-corrected chi connectivity index (χ0v) is 6.98. The lowest BCUT2D eigenvalue weighted by atomic mass is 10.1. The molecule has 0 spiro atoms. The monoisotopic (exact) mass is 166 g/mol. The third kappa shape index (κ3) is 1.78. The van der Waals surface area contributed by atoms with Crippen LogP contribution in [0.3, 0.4) is 0 Å². The fourth-order valence-electron chi connectivity index (χ4n) is 0.765. The van der Waals surface area contributed by atoms with Crippen molar-refractivity contribution in [1.82, 2.24) is 10.2 Å². The van der Waals surface area contributed by atoms with Gasteiger partial charge in [-0.3, -0.25) is 0 Å². The standard InChI is InChI=1S/C8H10N2O2/c1-5(2)6-3-4-7(8(11)12)10-9-6/h3-5H,1-2H3,(H,11,12). The van der Waals surface area contributed by atoms with Gasteiger partial charge in [0.15, 0.2) is 5.69 Å². The Balaban J connectivity index is 2.93. The lowest BCUT2D eigenvalue weighted by Crippen LogP contribution is -2.04. The smallest absolute Gasteiger partial charge is 0.356 e. The van der Waals surface area contributed by atoms with Crippen molar-refractivity contribution >= 4 is 5.97 Å². The van der Waals surface area contributed by atoms with E-state index in [2.05, 4.69) is 10.2 Å². The van der Waals surface area contributed by atoms with Gasteiger partial charge in [0.05, 0.1) is 5.69 Å². The van der Waals surface area contributed by atoms with E-state index in [4.69, 9.17) is 5.11 Å². The van der Waals surface area contributed by atoms with Crippen LogP contribution in [0.1, 0.15) is 35.9 Å². The van der Waals surface area contributed by atoms with Gasteiger partial charge in [-0.1, -0.05) is 13.8 Å². The van der Waals surface area contributed by atoms with E-state index < -0.39 is 5.97 Å². The van der Waals surface area contributed by atoms with Gasteiger partial charge in [0, 0.05) is 0 Å². The lowest BCUT2D eigenvalue weighted by molar-refractivity contribution is 0.0689. The molecule has 0 amide bonds. The third-order valence-corrected chi connectivity index (χ3v) is 1.50. The maximum atomic E-state index is 10.4. The summed E-state index contributed by atoms with van der Waals surface area (Å²) >= 11 is 0. The van der Waals surface area contributed by atoms with Crippen LogP contribution in [0.15, 0.2) is 12.1 Å². The Morgan fingerprint density at radius 2 is 2.08 bits per heavy atom. The zero-order chi connectivity index (χ0) is 9.14. The summed E-state index contributed by atoms with van der Waals surface area (Å²) in [6.45, 7) is 3.95. The first kappa shape index (κ1) is 8.64. The molecule has 1 rings (SSSR count). The minimum atomic E-state index is -1.04. The Labute approximate surface area is 70.3 Å². The van der Waals surface area contributed by atoms with Gasteiger partial charge in [-0.05, 0) is 18.1 Å². The Morgan fingerprint density at radius 1 is 1.42 bits per heavy atom. The number of carboxylic acid groups (broad SMARTS) is 1. The molecule has 64 valence electrons. The molecule has 0 aliphatic carbocycles. The average Bonchev–Trinajstić information content (AvgIpc) is 2.04. The Morgan fingerprint density at radius 3 is 2.42 bits per heavy atom. The van der Waals surface area contributed by atoms with Gasteiger partial charge < -0.3 is 5.11 Å². The number of nitrogens with zero attached hydrogens (tertiary/aromatic N) is 2. The van der Waals surface area contributed by atoms with Gasteiger partial charge in [0.25, 0.3) is 0 Å². The Kier molecular flexibility index (Phi) is 2.38. The maximum Gasteiger partial charge on any atom is 0.356 e. The van der Waals surface area contributed by atoms with E-state index in [1.807, 2.05) is 13.8 Å². The van der Waals surface area contributed by atoms with Crippen molar-refractivity contribution in [3.63, 3.8) is 0 Å². The van der Waals surface area contributed by atoms with Crippen molar-refractivity contribution in [3.8, 4) is 0 Å². The fourth-order valence-corrected chi connectivity index (χ4v) is 0.765. The summed E-state index contributed by atoms with van der Waals surface area (Å²) in [5, 5.41) is 15.8. The molecule has 0 saturated carbocycles. The summed E-state index contributed by atoms with van der Waals surface area (Å²) in [4.78, 5) is 10.4. The van der Waals surface area contributed by atoms with Crippen LogP contribution in [-0.4, -0.2) is 21.3 Å². The number of carbonyl (C=O) groups is 1. The van der Waals surface area contributed by atoms with Gasteiger partial charge >= 0.3 is 5.97 Å². The molecule has 4 heteroatoms. The molecule has 0 aromatic carbocycles. The highest BCUT2D eigenvalue weighted by molar-refractivity contribution is 5.84. The van der Waals surface area contributed by atoms with Crippen LogP contribution in [-0.2, 0) is 0 Å². The molecule has 0 atom stereocenters. The minimum Gasteiger partial charge on any atom is -0.476 e. The number of hydrogen-bond donors (Lipinski definition) is 1. The number of carboxylic acids is 1. The topological polar surface area (TPSA) is 63.1 Å². The quantitative estimate of drug-likeness (QED) is 0.719. The molecule has 0 bridgehead atoms. The van der Waals surface area contributed by atoms with Crippen molar-refractivity contribution in [2.24, 2.45) is 0 Å². The summed E-state index contributed by atoms with van der Waals surface area (Å²) < 4.78 is 0. The molecule has 0 fully saturated rings. The second-order valence-corrected chi connectivity index (χ2v) is 2.80. The predicted octanol–water partition coefficient (Wildman–Crippen LogP) is 1.30. The van der Waals surface area contributed by atoms with Crippen molar-refractivity contribution in [2.75, 3.05) is 0 Å². The second kappa shape index (κ2) is 3.30. The first-order valence-corrected chi connectivity index (χ1v) is 3.68. The molecule has 1 N–H and O–H groups in total. The van der Waals surface area contributed by atoms with Crippen LogP contribution in [0.4, 0.5) is 0 Å². The molecule has 0 saturated heterocycles. The molecule has 0 radical (unpaired) electrons. The number of hydrogen-bond acceptors (Lipinski definition) is 3. The van der Waals surface area contributed by atoms with E-state index in [1.165, 1.54) is 6.07 Å². The fraction of sp³-hybridized carbons (Fsp3) is 0.375. The summed E-state index contributed by atoms with van der Waals surface area (Å²) in [5.41, 5.74) is 0.791. The third-order valence-electron chi connectivity index (χ3n) is 1.50. The van der Waals surface area contributed by atoms with E-state index in [1.54, 1.807) is 6.07 Å². The first-order chi connectivity index (χ1) is 5.61. The van der Waals surface area contributed by atoms with Crippen LogP contribution < -0.4 is 0 Å². The van der Waals surface area contributed by atoms with Gasteiger partial charge in [-0.25, -0.2) is 4.79 Å². The van der Waals surface area contributed by atoms with Gasteiger partial charge in [-0.2, -0.15) is 5.10 Å². The van der Waals surface area contributed by atoms with Crippen molar-refractivity contribution in [3.05, 3.63) is 23.5 Å². The Hall–Kier alpha value is -1.45. The van der Waals surface area contributed by atoms with Gasteiger partial charge in [0.2, 0.25) is 0 Å². The lowest BCUT2D eigenvalue weighted by Gasteiger charge is -2.01. The summed E-state index contributed by atoms with van der Waals surface area (Å²) in [6.07, 6.45) is 0. The van der Waals surface area contributed by atoms with E-state index in [-0.39, 0.29) is 11.6 Å². The molecular formula is C8H10N2O2. The predicted molar refractivity (Wildman–Crippen MR) is 43.1 cm³/mol. The largest absolute Gasteiger partial charge is 0.476 e. The van der Waals surface area contributed by atoms with Gasteiger partial charge in [-0.15, -0.1) is 5.10 Å². The molecular weight excluding hydrogens is 156 g/mol. The van der Waals surface area contributed by atoms with E-state index >= 15 is 0 Å². The van der Waals surface area contributed by atoms with Crippen LogP contribution in [0.25, 0.3) is 0 Å². The molecule has 4 nitrogen and oxygen atoms in total. The van der Waals surface area contributed by atoms with Crippen LogP contribution >= 0.6 is 0 Å². The van der Waals surface area contributed by atoms with E-state index in [9.17, 15) is 4.79 Å². The number of aromatic nitrogens is 2. The van der Waals surface area contributed by atoms with Gasteiger partial charge in [0.1, 0.15) is 0 Å². The molecule has 0 unspecified atom stereocenters. The summed E-state index contributed by atoms with van der Waals surface area (Å²) in [5.74, 6) is -0.766. The SMILES string of the molecule is CC(C)c1ccc(C(=O)O)nn1. The molecule has 12 heavy (non-hydrogen) atoms. The molecule has 1 heterocycles. The molecule has 0 aliphatic heterocycles. The highest BCUT2D eigenvalue weighted by Crippen LogP contribution is 2.09. The van der Waals surface area contributed by atoms with Crippen molar-refractivity contribution in [2.45, 2.75) is 19.8 Å². The van der Waals surface area contributed by atoms with E-state index in [0.29, 0.717) is 0 Å². The zero-order valence-electron chi connectivity index (χ0n) is 6.98. The highest BCUT2D eigenvalue weighted by atomic mass is 16.4. The van der Waals surface area contributed by atoms with Crippen LogP contribution in [0.2, 0.25) is 0 Å². The van der Waals surface area contributed by atoms with Crippen molar-refractivity contribution in [1.29, 1.82) is 0 Å². The molecule has 1 aromatic rings.